The average molecular weight is 799 g/mol. The number of H-pyrrole nitrogens is 1. The average Bonchev–Trinajstić information content (AvgIpc) is 3.75. The zero-order valence-corrected chi connectivity index (χ0v) is 33.5. The molecular weight excluding hydrogens is 753 g/mol. The molecule has 6 amide bonds. The Morgan fingerprint density at radius 1 is 0.881 bits per heavy atom. The number of urea groups is 1. The molecule has 2 fully saturated rings. The van der Waals surface area contributed by atoms with E-state index in [0.29, 0.717) is 17.7 Å². The first kappa shape index (κ1) is 39.2. The molecule has 8 rings (SSSR count). The van der Waals surface area contributed by atoms with Crippen LogP contribution in [-0.4, -0.2) is 97.0 Å². The molecule has 3 N–H and O–H groups in total. The molecule has 0 unspecified atom stereocenters. The smallest absolute Gasteiger partial charge is 0.343 e. The molecule has 5 aromatic rings. The number of carbonyl (C=O) groups is 5. The van der Waals surface area contributed by atoms with Crippen LogP contribution in [0.1, 0.15) is 93.1 Å². The molecule has 2 saturated heterocycles. The van der Waals surface area contributed by atoms with Crippen LogP contribution in [0.2, 0.25) is 0 Å². The number of aromatic amines is 1. The summed E-state index contributed by atoms with van der Waals surface area (Å²) in [6, 6.07) is 14.3. The predicted molar refractivity (Wildman–Crippen MR) is 220 cm³/mol. The van der Waals surface area contributed by atoms with Crippen molar-refractivity contribution in [3.05, 3.63) is 110 Å². The number of nitrogens with zero attached hydrogens (tertiary/aromatic N) is 7. The Kier molecular flexibility index (Phi) is 10.6. The SMILES string of the molecule is CCCc1cc(C)[nH]c(=O)c1CNC(=O)c1cc(-c2ccc(N3CCN(Cc4ccc5c(c4)C(=O)N(N4CCC(=O)NC4=O)C5=O)CC3)nc2)cc2c1cnn2C(C)C. The van der Waals surface area contributed by atoms with Gasteiger partial charge in [0.1, 0.15) is 5.82 Å². The van der Waals surface area contributed by atoms with Crippen molar-refractivity contribution in [3.8, 4) is 11.1 Å². The van der Waals surface area contributed by atoms with E-state index in [4.69, 9.17) is 4.98 Å². The largest absolute Gasteiger partial charge is 0.354 e. The summed E-state index contributed by atoms with van der Waals surface area (Å²) in [7, 11) is 0. The van der Waals surface area contributed by atoms with Crippen molar-refractivity contribution in [3.63, 3.8) is 0 Å². The summed E-state index contributed by atoms with van der Waals surface area (Å²) in [5.74, 6) is -1.09. The number of piperazine rings is 1. The Hall–Kier alpha value is -6.68. The van der Waals surface area contributed by atoms with Gasteiger partial charge in [-0.3, -0.25) is 38.9 Å². The minimum atomic E-state index is -0.793. The van der Waals surface area contributed by atoms with E-state index in [-0.39, 0.29) is 48.1 Å². The van der Waals surface area contributed by atoms with Crippen LogP contribution in [0.5, 0.6) is 0 Å². The normalized spacial score (nSPS) is 16.1. The summed E-state index contributed by atoms with van der Waals surface area (Å²) in [6.07, 6.45) is 5.16. The number of hydrazine groups is 1. The number of amides is 6. The van der Waals surface area contributed by atoms with E-state index in [1.807, 2.05) is 68.0 Å². The van der Waals surface area contributed by atoms with Crippen molar-refractivity contribution in [1.82, 2.24) is 45.3 Å². The number of benzene rings is 2. The van der Waals surface area contributed by atoms with Gasteiger partial charge in [0.2, 0.25) is 5.91 Å². The van der Waals surface area contributed by atoms with Crippen LogP contribution in [0, 0.1) is 6.92 Å². The molecule has 3 aliphatic heterocycles. The number of rotatable bonds is 11. The number of anilines is 1. The number of aryl methyl sites for hydroxylation is 2. The number of nitrogens with one attached hydrogen (secondary N) is 3. The fraction of sp³-hybridized carbons (Fsp3) is 0.349. The highest BCUT2D eigenvalue weighted by Gasteiger charge is 2.43. The third-order valence-electron chi connectivity index (χ3n) is 11.1. The molecule has 0 saturated carbocycles. The lowest BCUT2D eigenvalue weighted by Gasteiger charge is -2.35. The summed E-state index contributed by atoms with van der Waals surface area (Å²) in [6.45, 7) is 11.6. The van der Waals surface area contributed by atoms with Crippen molar-refractivity contribution in [2.75, 3.05) is 37.6 Å². The highest BCUT2D eigenvalue weighted by Crippen LogP contribution is 2.31. The number of pyridine rings is 2. The van der Waals surface area contributed by atoms with E-state index in [1.165, 1.54) is 0 Å². The van der Waals surface area contributed by atoms with E-state index in [2.05, 4.69) is 37.4 Å². The second-order valence-electron chi connectivity index (χ2n) is 15.6. The summed E-state index contributed by atoms with van der Waals surface area (Å²) in [5.41, 5.74) is 6.39. The zero-order chi connectivity index (χ0) is 41.5. The molecule has 59 heavy (non-hydrogen) atoms. The van der Waals surface area contributed by atoms with E-state index in [9.17, 15) is 28.8 Å². The maximum atomic E-state index is 13.9. The molecular formula is C43H46N10O6. The van der Waals surface area contributed by atoms with Crippen molar-refractivity contribution in [2.24, 2.45) is 0 Å². The van der Waals surface area contributed by atoms with Gasteiger partial charge < -0.3 is 15.2 Å². The van der Waals surface area contributed by atoms with Gasteiger partial charge in [-0.2, -0.15) is 10.1 Å². The van der Waals surface area contributed by atoms with E-state index < -0.39 is 23.8 Å². The highest BCUT2D eigenvalue weighted by molar-refractivity contribution is 6.22. The van der Waals surface area contributed by atoms with Crippen molar-refractivity contribution >= 4 is 46.4 Å². The number of carbonyl (C=O) groups excluding carboxylic acids is 5. The molecule has 0 atom stereocenters. The molecule has 3 aromatic heterocycles. The Morgan fingerprint density at radius 2 is 1.66 bits per heavy atom. The zero-order valence-electron chi connectivity index (χ0n) is 33.5. The van der Waals surface area contributed by atoms with E-state index in [1.54, 1.807) is 18.3 Å². The Labute approximate surface area is 340 Å². The summed E-state index contributed by atoms with van der Waals surface area (Å²) in [5, 5.41) is 12.3. The number of hydrogen-bond donors (Lipinski definition) is 3. The van der Waals surface area contributed by atoms with Crippen LogP contribution < -0.4 is 21.1 Å². The standard InChI is InChI=1S/C43H46N10O6/c1-5-6-28-17-26(4)47-40(56)34(28)22-45-39(55)32-19-30(20-36-35(32)23-46-52(36)25(2)3)29-8-10-37(44-21-29)50-15-13-49(14-16-50)24-27-7-9-31-33(18-27)42(58)53(41(31)57)51-12-11-38(54)48-43(51)59/h7-10,17-21,23,25H,5-6,11-16,22,24H2,1-4H3,(H,45,55)(H,47,56)(H,48,54,59). The number of fused-ring (bicyclic) bond motifs is 2. The molecule has 2 aromatic carbocycles. The fourth-order valence-electron chi connectivity index (χ4n) is 8.12. The first-order chi connectivity index (χ1) is 28.4. The number of aromatic nitrogens is 4. The van der Waals surface area contributed by atoms with E-state index in [0.717, 1.165) is 93.7 Å². The minimum Gasteiger partial charge on any atom is -0.354 e. The lowest BCUT2D eigenvalue weighted by Crippen LogP contribution is -2.58. The van der Waals surface area contributed by atoms with Crippen LogP contribution in [-0.2, 0) is 24.3 Å². The summed E-state index contributed by atoms with van der Waals surface area (Å²) >= 11 is 0. The monoisotopic (exact) mass is 798 g/mol. The first-order valence-electron chi connectivity index (χ1n) is 20.0. The molecule has 16 nitrogen and oxygen atoms in total. The number of imide groups is 2. The van der Waals surface area contributed by atoms with Crippen LogP contribution in [0.25, 0.3) is 22.0 Å². The van der Waals surface area contributed by atoms with Crippen molar-refractivity contribution in [1.29, 1.82) is 0 Å². The third-order valence-corrected chi connectivity index (χ3v) is 11.1. The predicted octanol–water partition coefficient (Wildman–Crippen LogP) is 4.33. The Bertz CT molecular complexity index is 2570. The molecule has 0 aliphatic carbocycles. The second kappa shape index (κ2) is 15.9. The van der Waals surface area contributed by atoms with Gasteiger partial charge in [-0.15, -0.1) is 0 Å². The van der Waals surface area contributed by atoms with Crippen molar-refractivity contribution < 1.29 is 24.0 Å². The molecule has 6 heterocycles. The fourth-order valence-corrected chi connectivity index (χ4v) is 8.12. The molecule has 3 aliphatic rings. The van der Waals surface area contributed by atoms with Gasteiger partial charge >= 0.3 is 6.03 Å². The molecule has 0 spiro atoms. The topological polar surface area (TPSA) is 186 Å². The molecule has 16 heteroatoms. The summed E-state index contributed by atoms with van der Waals surface area (Å²) in [4.78, 5) is 89.3. The van der Waals surface area contributed by atoms with Crippen molar-refractivity contribution in [2.45, 2.75) is 66.1 Å². The second-order valence-corrected chi connectivity index (χ2v) is 15.6. The summed E-state index contributed by atoms with van der Waals surface area (Å²) < 4.78 is 1.90. The highest BCUT2D eigenvalue weighted by atomic mass is 16.2. The molecule has 0 radical (unpaired) electrons. The third kappa shape index (κ3) is 7.58. The minimum absolute atomic E-state index is 0.0000622. The van der Waals surface area contributed by atoms with Gasteiger partial charge in [0, 0.05) is 80.1 Å². The van der Waals surface area contributed by atoms with Gasteiger partial charge in [-0.1, -0.05) is 19.4 Å². The van der Waals surface area contributed by atoms with Crippen LogP contribution >= 0.6 is 0 Å². The van der Waals surface area contributed by atoms with Crippen LogP contribution in [0.4, 0.5) is 10.6 Å². The molecule has 0 bridgehead atoms. The first-order valence-corrected chi connectivity index (χ1v) is 20.0. The van der Waals surface area contributed by atoms with Gasteiger partial charge in [0.05, 0.1) is 34.9 Å². The lowest BCUT2D eigenvalue weighted by atomic mass is 10.00. The molecule has 304 valence electrons. The van der Waals surface area contributed by atoms with Gasteiger partial charge in [0.15, 0.2) is 0 Å². The Balaban J connectivity index is 0.940. The van der Waals surface area contributed by atoms with Gasteiger partial charge in [0.25, 0.3) is 23.3 Å². The quantitative estimate of drug-likeness (QED) is 0.163. The van der Waals surface area contributed by atoms with Gasteiger partial charge in [-0.25, -0.2) is 14.8 Å². The maximum Gasteiger partial charge on any atom is 0.343 e. The van der Waals surface area contributed by atoms with Crippen LogP contribution in [0.3, 0.4) is 0 Å². The van der Waals surface area contributed by atoms with Crippen LogP contribution in [0.15, 0.2) is 65.7 Å². The van der Waals surface area contributed by atoms with E-state index >= 15 is 0 Å². The van der Waals surface area contributed by atoms with Gasteiger partial charge in [-0.05, 0) is 86.3 Å². The maximum absolute atomic E-state index is 13.9. The lowest BCUT2D eigenvalue weighted by molar-refractivity contribution is -0.122. The Morgan fingerprint density at radius 3 is 2.37 bits per heavy atom. The number of hydrogen-bond acceptors (Lipinski definition) is 10.